The van der Waals surface area contributed by atoms with Crippen LogP contribution < -0.4 is 9.64 Å². The highest BCUT2D eigenvalue weighted by molar-refractivity contribution is 5.98. The average Bonchev–Trinajstić information content (AvgIpc) is 3.29. The van der Waals surface area contributed by atoms with Crippen LogP contribution in [0.25, 0.3) is 11.3 Å². The molecule has 0 aliphatic carbocycles. The molecule has 0 atom stereocenters. The van der Waals surface area contributed by atoms with Gasteiger partial charge in [-0.25, -0.2) is 0 Å². The molecular weight excluding hydrogens is 432 g/mol. The third kappa shape index (κ3) is 6.09. The zero-order valence-corrected chi connectivity index (χ0v) is 20.1. The molecule has 4 rings (SSSR count). The van der Waals surface area contributed by atoms with E-state index >= 15 is 0 Å². The summed E-state index contributed by atoms with van der Waals surface area (Å²) in [5.41, 5.74) is 5.01. The molecule has 2 aliphatic heterocycles. The molecule has 2 aromatic rings. The molecule has 1 aromatic heterocycles. The van der Waals surface area contributed by atoms with Crippen molar-refractivity contribution in [2.75, 3.05) is 50.9 Å². The number of benzene rings is 1. The average molecular weight is 467 g/mol. The Morgan fingerprint density at radius 3 is 2.82 bits per heavy atom. The van der Waals surface area contributed by atoms with E-state index < -0.39 is 0 Å². The summed E-state index contributed by atoms with van der Waals surface area (Å²) >= 11 is 0. The molecule has 9 heteroatoms. The number of nitrogens with zero attached hydrogens (tertiary/aromatic N) is 4. The van der Waals surface area contributed by atoms with Crippen molar-refractivity contribution in [2.45, 2.75) is 39.5 Å². The lowest BCUT2D eigenvalue weighted by Gasteiger charge is -2.33. The maximum absolute atomic E-state index is 12.7. The Morgan fingerprint density at radius 1 is 1.21 bits per heavy atom. The Labute approximate surface area is 200 Å². The van der Waals surface area contributed by atoms with E-state index in [1.165, 1.54) is 5.57 Å². The number of amides is 1. The largest absolute Gasteiger partial charge is 0.482 e. The number of carbonyl (C=O) groups excluding carboxylic acids is 1. The first-order valence-electron chi connectivity index (χ1n) is 12.0. The van der Waals surface area contributed by atoms with Crippen LogP contribution in [-0.4, -0.2) is 77.9 Å². The van der Waals surface area contributed by atoms with Gasteiger partial charge in [0.2, 0.25) is 0 Å². The number of H-pyrrole nitrogens is 1. The van der Waals surface area contributed by atoms with Crippen LogP contribution in [-0.2, 0) is 16.0 Å². The Kier molecular flexibility index (Phi) is 8.08. The monoisotopic (exact) mass is 466 g/mol. The Morgan fingerprint density at radius 2 is 2.03 bits per heavy atom. The van der Waals surface area contributed by atoms with Crippen LogP contribution in [0.5, 0.6) is 5.75 Å². The fraction of sp³-hybridized carbons (Fsp3) is 0.520. The normalized spacial score (nSPS) is 16.2. The van der Waals surface area contributed by atoms with Gasteiger partial charge in [-0.3, -0.25) is 9.69 Å². The first-order chi connectivity index (χ1) is 16.5. The number of hydrogen-bond acceptors (Lipinski definition) is 7. The van der Waals surface area contributed by atoms with Gasteiger partial charge < -0.3 is 19.8 Å². The quantitative estimate of drug-likeness (QED) is 0.316. The topological polar surface area (TPSA) is 107 Å². The molecule has 0 bridgehead atoms. The van der Waals surface area contributed by atoms with Gasteiger partial charge in [-0.15, -0.1) is 0 Å². The van der Waals surface area contributed by atoms with Crippen molar-refractivity contribution in [3.63, 3.8) is 0 Å². The summed E-state index contributed by atoms with van der Waals surface area (Å²) in [6.07, 6.45) is 5.32. The van der Waals surface area contributed by atoms with Crippen LogP contribution in [0.1, 0.15) is 38.8 Å². The Balaban J connectivity index is 1.46. The molecule has 0 spiro atoms. The van der Waals surface area contributed by atoms with Crippen LogP contribution in [0.2, 0.25) is 0 Å². The van der Waals surface area contributed by atoms with Crippen LogP contribution in [0.3, 0.4) is 0 Å². The van der Waals surface area contributed by atoms with Gasteiger partial charge in [0.1, 0.15) is 11.4 Å². The van der Waals surface area contributed by atoms with Crippen molar-refractivity contribution >= 4 is 17.3 Å². The van der Waals surface area contributed by atoms with Gasteiger partial charge in [0, 0.05) is 43.9 Å². The smallest absolute Gasteiger partial charge is 0.265 e. The number of rotatable bonds is 10. The first-order valence-corrected chi connectivity index (χ1v) is 12.0. The summed E-state index contributed by atoms with van der Waals surface area (Å²) in [7, 11) is 0. The number of carbonyl (C=O) groups is 1. The first kappa shape index (κ1) is 24.1. The third-order valence-corrected chi connectivity index (χ3v) is 6.16. The standard InChI is InChI=1S/C25H34N6O3/c1-18(2)5-3-4-6-20(26)16-21-25(28-29-27-21)19-7-8-23-22(15-19)31(24(32)17-34-23)10-9-30-11-13-33-14-12-30/h5,7-8,15,26H,3-4,6,9-14,16-17H2,1-2H3,(H,27,28,29). The summed E-state index contributed by atoms with van der Waals surface area (Å²) in [6.45, 7) is 8.85. The lowest BCUT2D eigenvalue weighted by Crippen LogP contribution is -2.45. The Hall–Kier alpha value is -3.04. The zero-order valence-electron chi connectivity index (χ0n) is 20.1. The molecular formula is C25H34N6O3. The molecule has 1 aromatic carbocycles. The van der Waals surface area contributed by atoms with Gasteiger partial charge in [-0.1, -0.05) is 11.6 Å². The van der Waals surface area contributed by atoms with Gasteiger partial charge in [0.05, 0.1) is 24.6 Å². The molecule has 0 unspecified atom stereocenters. The van der Waals surface area contributed by atoms with Crippen molar-refractivity contribution in [3.8, 4) is 17.0 Å². The molecule has 1 saturated heterocycles. The van der Waals surface area contributed by atoms with Crippen LogP contribution >= 0.6 is 0 Å². The van der Waals surface area contributed by atoms with E-state index in [1.54, 1.807) is 0 Å². The van der Waals surface area contributed by atoms with Crippen molar-refractivity contribution in [3.05, 3.63) is 35.5 Å². The highest BCUT2D eigenvalue weighted by atomic mass is 16.5. The van der Waals surface area contributed by atoms with E-state index in [2.05, 4.69) is 40.2 Å². The minimum absolute atomic E-state index is 0.0450. The number of morpholine rings is 1. The summed E-state index contributed by atoms with van der Waals surface area (Å²) in [5.74, 6) is 0.652. The number of allylic oxidation sites excluding steroid dienone is 2. The minimum Gasteiger partial charge on any atom is -0.482 e. The van der Waals surface area contributed by atoms with Gasteiger partial charge in [-0.2, -0.15) is 15.4 Å². The molecule has 182 valence electrons. The van der Waals surface area contributed by atoms with Gasteiger partial charge >= 0.3 is 0 Å². The molecule has 2 aliphatic rings. The third-order valence-electron chi connectivity index (χ3n) is 6.16. The fourth-order valence-corrected chi connectivity index (χ4v) is 4.26. The lowest BCUT2D eigenvalue weighted by atomic mass is 10.0. The van der Waals surface area contributed by atoms with Crippen molar-refractivity contribution < 1.29 is 14.3 Å². The molecule has 9 nitrogen and oxygen atoms in total. The zero-order chi connectivity index (χ0) is 23.9. The number of unbranched alkanes of at least 4 members (excludes halogenated alkanes) is 1. The molecule has 3 heterocycles. The summed E-state index contributed by atoms with van der Waals surface area (Å²) in [6, 6.07) is 5.78. The van der Waals surface area contributed by atoms with Crippen molar-refractivity contribution in [2.24, 2.45) is 0 Å². The molecule has 34 heavy (non-hydrogen) atoms. The molecule has 1 amide bonds. The van der Waals surface area contributed by atoms with E-state index in [9.17, 15) is 4.79 Å². The molecule has 2 N–H and O–H groups in total. The number of aromatic nitrogens is 3. The highest BCUT2D eigenvalue weighted by Crippen LogP contribution is 2.36. The SMILES string of the molecule is CC(C)=CCCCC(=N)Cc1n[nH]nc1-c1ccc2c(c1)N(CCN1CCOCC1)C(=O)CO2. The number of ether oxygens (including phenoxy) is 2. The highest BCUT2D eigenvalue weighted by Gasteiger charge is 2.27. The maximum Gasteiger partial charge on any atom is 0.265 e. The van der Waals surface area contributed by atoms with Crippen LogP contribution in [0, 0.1) is 5.41 Å². The summed E-state index contributed by atoms with van der Waals surface area (Å²) < 4.78 is 11.1. The predicted molar refractivity (Wildman–Crippen MR) is 132 cm³/mol. The van der Waals surface area contributed by atoms with E-state index in [0.29, 0.717) is 30.1 Å². The molecule has 0 saturated carbocycles. The van der Waals surface area contributed by atoms with Crippen LogP contribution in [0.4, 0.5) is 5.69 Å². The second-order valence-electron chi connectivity index (χ2n) is 9.04. The number of aromatic amines is 1. The fourth-order valence-electron chi connectivity index (χ4n) is 4.26. The predicted octanol–water partition coefficient (Wildman–Crippen LogP) is 3.23. The molecule has 1 fully saturated rings. The number of anilines is 1. The van der Waals surface area contributed by atoms with E-state index in [4.69, 9.17) is 14.9 Å². The van der Waals surface area contributed by atoms with Gasteiger partial charge in [-0.05, 0) is 51.3 Å². The van der Waals surface area contributed by atoms with E-state index in [-0.39, 0.29) is 12.5 Å². The van der Waals surface area contributed by atoms with E-state index in [0.717, 1.165) is 69.1 Å². The van der Waals surface area contributed by atoms with Crippen molar-refractivity contribution in [1.29, 1.82) is 5.41 Å². The number of nitrogens with one attached hydrogen (secondary N) is 2. The van der Waals surface area contributed by atoms with Gasteiger partial charge in [0.15, 0.2) is 6.61 Å². The lowest BCUT2D eigenvalue weighted by molar-refractivity contribution is -0.121. The second-order valence-corrected chi connectivity index (χ2v) is 9.04. The number of fused-ring (bicyclic) bond motifs is 1. The second kappa shape index (κ2) is 11.4. The maximum atomic E-state index is 12.7. The minimum atomic E-state index is -0.0450. The summed E-state index contributed by atoms with van der Waals surface area (Å²) in [4.78, 5) is 16.8. The van der Waals surface area contributed by atoms with Crippen molar-refractivity contribution in [1.82, 2.24) is 20.3 Å². The number of hydrogen-bond donors (Lipinski definition) is 2. The summed E-state index contributed by atoms with van der Waals surface area (Å²) in [5, 5.41) is 19.8. The van der Waals surface area contributed by atoms with Gasteiger partial charge in [0.25, 0.3) is 5.91 Å². The Bertz CT molecular complexity index is 1040. The molecule has 0 radical (unpaired) electrons. The van der Waals surface area contributed by atoms with Crippen LogP contribution in [0.15, 0.2) is 29.8 Å². The van der Waals surface area contributed by atoms with E-state index in [1.807, 2.05) is 23.1 Å².